The molecule has 0 spiro atoms. The topological polar surface area (TPSA) is 86.8 Å². The molecule has 4 aromatic carbocycles. The van der Waals surface area contributed by atoms with E-state index in [4.69, 9.17) is 34.8 Å². The van der Waals surface area contributed by atoms with E-state index in [9.17, 15) is 18.0 Å². The molecule has 4 aromatic rings. The summed E-state index contributed by atoms with van der Waals surface area (Å²) in [6.45, 7) is 8.47. The Morgan fingerprint density at radius 1 is 0.787 bits per heavy atom. The largest absolute Gasteiger partial charge is 0.350 e. The van der Waals surface area contributed by atoms with E-state index in [0.29, 0.717) is 21.2 Å². The van der Waals surface area contributed by atoms with Crippen LogP contribution in [0.2, 0.25) is 15.1 Å². The Kier molecular flexibility index (Phi) is 11.7. The van der Waals surface area contributed by atoms with E-state index in [2.05, 4.69) is 5.32 Å². The van der Waals surface area contributed by atoms with Crippen LogP contribution in [0.4, 0.5) is 5.69 Å². The van der Waals surface area contributed by atoms with Crippen molar-refractivity contribution in [2.24, 2.45) is 0 Å². The van der Waals surface area contributed by atoms with E-state index in [-0.39, 0.29) is 34.5 Å². The summed E-state index contributed by atoms with van der Waals surface area (Å²) in [5, 5.41) is 3.99. The van der Waals surface area contributed by atoms with Crippen molar-refractivity contribution in [3.63, 3.8) is 0 Å². The fraction of sp³-hybridized carbons (Fsp3) is 0.278. The van der Waals surface area contributed by atoms with Gasteiger partial charge < -0.3 is 10.2 Å². The molecule has 0 aliphatic rings. The summed E-state index contributed by atoms with van der Waals surface area (Å²) in [4.78, 5) is 30.1. The minimum atomic E-state index is -4.27. The lowest BCUT2D eigenvalue weighted by Gasteiger charge is -2.35. The molecule has 7 nitrogen and oxygen atoms in total. The van der Waals surface area contributed by atoms with Crippen LogP contribution in [0.3, 0.4) is 0 Å². The first-order chi connectivity index (χ1) is 22.1. The number of nitrogens with one attached hydrogen (secondary N) is 1. The van der Waals surface area contributed by atoms with Crippen LogP contribution >= 0.6 is 34.8 Å². The van der Waals surface area contributed by atoms with Gasteiger partial charge in [0, 0.05) is 23.5 Å². The van der Waals surface area contributed by atoms with Crippen LogP contribution < -0.4 is 9.62 Å². The highest BCUT2D eigenvalue weighted by Gasteiger charge is 2.36. The number of carbonyl (C=O) groups excluding carboxylic acids is 2. The SMILES string of the molecule is Cc1ccc(S(=O)(=O)N(CC(=O)N(Cc2ccc(Cl)c(Cl)c2)[C@@H](Cc2ccccc2)C(=O)NC(C)(C)C)c2cccc(Cl)c2C)cc1. The molecule has 0 fully saturated rings. The molecule has 0 aliphatic carbocycles. The molecule has 0 bridgehead atoms. The second kappa shape index (κ2) is 15.1. The second-order valence-corrected chi connectivity index (χ2v) is 15.5. The lowest BCUT2D eigenvalue weighted by molar-refractivity contribution is -0.140. The van der Waals surface area contributed by atoms with Crippen molar-refractivity contribution in [2.75, 3.05) is 10.8 Å². The molecule has 0 aromatic heterocycles. The molecular weight excluding hydrogens is 677 g/mol. The van der Waals surface area contributed by atoms with Crippen LogP contribution in [-0.4, -0.2) is 43.3 Å². The van der Waals surface area contributed by atoms with E-state index in [1.54, 1.807) is 55.5 Å². The Hall–Kier alpha value is -3.56. The van der Waals surface area contributed by atoms with Gasteiger partial charge in [0.15, 0.2) is 0 Å². The number of nitrogens with zero attached hydrogens (tertiary/aromatic N) is 2. The highest BCUT2D eigenvalue weighted by molar-refractivity contribution is 7.92. The lowest BCUT2D eigenvalue weighted by atomic mass is 10.0. The predicted octanol–water partition coefficient (Wildman–Crippen LogP) is 8.01. The first kappa shape index (κ1) is 36.3. The molecule has 1 N–H and O–H groups in total. The van der Waals surface area contributed by atoms with E-state index in [1.165, 1.54) is 17.0 Å². The van der Waals surface area contributed by atoms with Gasteiger partial charge in [0.2, 0.25) is 11.8 Å². The summed E-state index contributed by atoms with van der Waals surface area (Å²) in [6, 6.07) is 24.6. The monoisotopic (exact) mass is 713 g/mol. The maximum Gasteiger partial charge on any atom is 0.264 e. The number of hydrogen-bond acceptors (Lipinski definition) is 4. The Labute approximate surface area is 292 Å². The van der Waals surface area contributed by atoms with Gasteiger partial charge in [0.05, 0.1) is 20.6 Å². The zero-order valence-electron chi connectivity index (χ0n) is 26.9. The third-order valence-corrected chi connectivity index (χ3v) is 10.4. The van der Waals surface area contributed by atoms with Crippen LogP contribution in [0.25, 0.3) is 0 Å². The van der Waals surface area contributed by atoms with Crippen molar-refractivity contribution in [1.29, 1.82) is 0 Å². The molecule has 0 unspecified atom stereocenters. The van der Waals surface area contributed by atoms with Crippen LogP contribution in [0.5, 0.6) is 0 Å². The maximum absolute atomic E-state index is 14.7. The third kappa shape index (κ3) is 9.29. The van der Waals surface area contributed by atoms with Crippen molar-refractivity contribution in [2.45, 2.75) is 64.1 Å². The number of sulfonamides is 1. The van der Waals surface area contributed by atoms with E-state index >= 15 is 0 Å². The number of anilines is 1. The Morgan fingerprint density at radius 3 is 2.06 bits per heavy atom. The number of aryl methyl sites for hydroxylation is 1. The minimum absolute atomic E-state index is 0.0117. The van der Waals surface area contributed by atoms with Gasteiger partial charge in [-0.2, -0.15) is 0 Å². The number of hydrogen-bond donors (Lipinski definition) is 1. The van der Waals surface area contributed by atoms with Crippen molar-refractivity contribution in [3.8, 4) is 0 Å². The molecule has 4 rings (SSSR count). The fourth-order valence-electron chi connectivity index (χ4n) is 5.06. The average molecular weight is 715 g/mol. The van der Waals surface area contributed by atoms with Gasteiger partial charge in [-0.25, -0.2) is 8.42 Å². The molecule has 0 radical (unpaired) electrons. The van der Waals surface area contributed by atoms with E-state index < -0.39 is 34.1 Å². The summed E-state index contributed by atoms with van der Waals surface area (Å²) >= 11 is 19.0. The van der Waals surface area contributed by atoms with Crippen molar-refractivity contribution < 1.29 is 18.0 Å². The van der Waals surface area contributed by atoms with Gasteiger partial charge in [0.25, 0.3) is 10.0 Å². The second-order valence-electron chi connectivity index (χ2n) is 12.4. The summed E-state index contributed by atoms with van der Waals surface area (Å²) in [6.07, 6.45) is 0.177. The summed E-state index contributed by atoms with van der Waals surface area (Å²) in [7, 11) is -4.27. The molecule has 248 valence electrons. The smallest absolute Gasteiger partial charge is 0.264 e. The van der Waals surface area contributed by atoms with Gasteiger partial charge in [-0.05, 0) is 87.7 Å². The van der Waals surface area contributed by atoms with E-state index in [0.717, 1.165) is 15.4 Å². The van der Waals surface area contributed by atoms with Crippen LogP contribution in [0.15, 0.2) is 95.9 Å². The van der Waals surface area contributed by atoms with Gasteiger partial charge in [-0.15, -0.1) is 0 Å². The summed E-state index contributed by atoms with van der Waals surface area (Å²) in [5.74, 6) is -0.988. The number of rotatable bonds is 11. The Balaban J connectivity index is 1.86. The summed E-state index contributed by atoms with van der Waals surface area (Å²) < 4.78 is 29.6. The van der Waals surface area contributed by atoms with Crippen molar-refractivity contribution in [3.05, 3.63) is 128 Å². The number of benzene rings is 4. The first-order valence-corrected chi connectivity index (χ1v) is 17.6. The quantitative estimate of drug-likeness (QED) is 0.171. The molecule has 2 amide bonds. The highest BCUT2D eigenvalue weighted by atomic mass is 35.5. The zero-order chi connectivity index (χ0) is 34.5. The van der Waals surface area contributed by atoms with Gasteiger partial charge >= 0.3 is 0 Å². The molecule has 0 heterocycles. The number of carbonyl (C=O) groups is 2. The molecule has 11 heteroatoms. The van der Waals surface area contributed by atoms with Crippen LogP contribution in [0, 0.1) is 13.8 Å². The number of halogens is 3. The standard InChI is InChI=1S/C36H38Cl3N3O4S/c1-24-14-17-28(18-15-24)47(45,46)42(32-13-9-12-29(37)25(32)2)23-34(43)41(22-27-16-19-30(38)31(39)20-27)33(35(44)40-36(3,4)5)21-26-10-7-6-8-11-26/h6-20,33H,21-23H2,1-5H3,(H,40,44)/t33-/m0/s1. The predicted molar refractivity (Wildman–Crippen MR) is 191 cm³/mol. The third-order valence-electron chi connectivity index (χ3n) is 7.50. The van der Waals surface area contributed by atoms with Crippen molar-refractivity contribution in [1.82, 2.24) is 10.2 Å². The molecule has 0 saturated carbocycles. The highest BCUT2D eigenvalue weighted by Crippen LogP contribution is 2.32. The Morgan fingerprint density at radius 2 is 1.45 bits per heavy atom. The lowest BCUT2D eigenvalue weighted by Crippen LogP contribution is -2.56. The minimum Gasteiger partial charge on any atom is -0.350 e. The molecule has 0 saturated heterocycles. The normalized spacial score (nSPS) is 12.3. The molecule has 47 heavy (non-hydrogen) atoms. The molecule has 0 aliphatic heterocycles. The Bertz CT molecular complexity index is 1840. The van der Waals surface area contributed by atoms with Crippen LogP contribution in [0.1, 0.15) is 43.0 Å². The number of amides is 2. The average Bonchev–Trinajstić information content (AvgIpc) is 3.00. The zero-order valence-corrected chi connectivity index (χ0v) is 30.0. The fourth-order valence-corrected chi connectivity index (χ4v) is 7.02. The summed E-state index contributed by atoms with van der Waals surface area (Å²) in [5.41, 5.74) is 2.44. The van der Waals surface area contributed by atoms with Gasteiger partial charge in [-0.1, -0.05) is 95.0 Å². The van der Waals surface area contributed by atoms with Gasteiger partial charge in [-0.3, -0.25) is 13.9 Å². The van der Waals surface area contributed by atoms with Crippen molar-refractivity contribution >= 4 is 62.3 Å². The maximum atomic E-state index is 14.7. The van der Waals surface area contributed by atoms with E-state index in [1.807, 2.05) is 58.0 Å². The van der Waals surface area contributed by atoms with Gasteiger partial charge in [0.1, 0.15) is 12.6 Å². The first-order valence-electron chi connectivity index (χ1n) is 15.0. The van der Waals surface area contributed by atoms with Crippen LogP contribution in [-0.2, 0) is 32.6 Å². The molecule has 1 atom stereocenters. The molecular formula is C36H38Cl3N3O4S.